The fourth-order valence-electron chi connectivity index (χ4n) is 1.40. The molecule has 0 aromatic rings. The molecule has 0 N–H and O–H groups in total. The van der Waals surface area contributed by atoms with Crippen LogP contribution < -0.4 is 0 Å². The molecule has 1 saturated heterocycles. The first-order valence-corrected chi connectivity index (χ1v) is 4.02. The summed E-state index contributed by atoms with van der Waals surface area (Å²) in [4.78, 5) is 21.4. The van der Waals surface area contributed by atoms with Gasteiger partial charge in [0.1, 0.15) is 12.2 Å². The number of ether oxygens (including phenoxy) is 1. The molecule has 12 heavy (non-hydrogen) atoms. The first-order chi connectivity index (χ1) is 5.53. The van der Waals surface area contributed by atoms with E-state index in [1.807, 2.05) is 0 Å². The lowest BCUT2D eigenvalue weighted by molar-refractivity contribution is -0.149. The summed E-state index contributed by atoms with van der Waals surface area (Å²) in [7, 11) is 0. The molecule has 2 heterocycles. The molecule has 2 bridgehead atoms. The average molecular weight is 187 g/mol. The average Bonchev–Trinajstić information content (AvgIpc) is 2.45. The molecule has 64 valence electrons. The first kappa shape index (κ1) is 7.95. The van der Waals surface area contributed by atoms with Gasteiger partial charge in [0, 0.05) is 0 Å². The standard InChI is InChI=1S/C8H7ClO3/c1-8(9)6(10)4-2-3-5(12-4)7(8)11/h2-5H,1H3/t4-,5+,8?. The van der Waals surface area contributed by atoms with Gasteiger partial charge in [0.25, 0.3) is 0 Å². The second kappa shape index (κ2) is 2.18. The van der Waals surface area contributed by atoms with Gasteiger partial charge in [-0.05, 0) is 19.1 Å². The summed E-state index contributed by atoms with van der Waals surface area (Å²) in [6.07, 6.45) is 1.93. The predicted molar refractivity (Wildman–Crippen MR) is 42.1 cm³/mol. The van der Waals surface area contributed by atoms with Gasteiger partial charge in [-0.1, -0.05) is 0 Å². The molecule has 2 aliphatic rings. The lowest BCUT2D eigenvalue weighted by atomic mass is 9.93. The number of halogens is 1. The smallest absolute Gasteiger partial charge is 0.193 e. The van der Waals surface area contributed by atoms with Gasteiger partial charge in [0.05, 0.1) is 0 Å². The van der Waals surface area contributed by atoms with E-state index < -0.39 is 17.1 Å². The summed E-state index contributed by atoms with van der Waals surface area (Å²) in [6.45, 7) is 1.43. The second-order valence-corrected chi connectivity index (χ2v) is 3.85. The molecule has 0 aliphatic carbocycles. The molecular formula is C8H7ClO3. The third kappa shape index (κ3) is 0.807. The zero-order chi connectivity index (χ0) is 8.93. The van der Waals surface area contributed by atoms with Crippen molar-refractivity contribution in [3.63, 3.8) is 0 Å². The quantitative estimate of drug-likeness (QED) is 0.314. The molecule has 3 atom stereocenters. The number of hydrogen-bond acceptors (Lipinski definition) is 3. The van der Waals surface area contributed by atoms with Crippen LogP contribution in [0, 0.1) is 0 Å². The largest absolute Gasteiger partial charge is 0.351 e. The summed E-state index contributed by atoms with van der Waals surface area (Å²) in [5.41, 5.74) is 0. The number of rotatable bonds is 0. The fraction of sp³-hybridized carbons (Fsp3) is 0.500. The Balaban J connectivity index is 2.45. The number of fused-ring (bicyclic) bond motifs is 2. The third-order valence-electron chi connectivity index (χ3n) is 2.20. The Morgan fingerprint density at radius 2 is 1.75 bits per heavy atom. The summed E-state index contributed by atoms with van der Waals surface area (Å²) in [6, 6.07) is 0. The van der Waals surface area contributed by atoms with Gasteiger partial charge < -0.3 is 4.74 Å². The predicted octanol–water partition coefficient (Wildman–Crippen LogP) is 0.459. The maximum Gasteiger partial charge on any atom is 0.193 e. The Labute approximate surface area is 74.3 Å². The van der Waals surface area contributed by atoms with Crippen LogP contribution in [0.5, 0.6) is 0 Å². The zero-order valence-corrected chi connectivity index (χ0v) is 7.17. The van der Waals surface area contributed by atoms with Crippen molar-refractivity contribution in [3.05, 3.63) is 12.2 Å². The van der Waals surface area contributed by atoms with Crippen molar-refractivity contribution >= 4 is 23.2 Å². The Morgan fingerprint density at radius 3 is 2.17 bits per heavy atom. The molecule has 0 aromatic heterocycles. The number of carbonyl (C=O) groups excluding carboxylic acids is 2. The molecule has 2 aliphatic heterocycles. The molecule has 0 amide bonds. The highest BCUT2D eigenvalue weighted by Crippen LogP contribution is 2.32. The molecule has 0 spiro atoms. The van der Waals surface area contributed by atoms with Crippen molar-refractivity contribution in [1.29, 1.82) is 0 Å². The maximum atomic E-state index is 11.4. The Kier molecular flexibility index (Phi) is 1.44. The van der Waals surface area contributed by atoms with Crippen LogP contribution in [-0.2, 0) is 14.3 Å². The number of hydrogen-bond donors (Lipinski definition) is 0. The Hall–Kier alpha value is -0.670. The van der Waals surface area contributed by atoms with Crippen LogP contribution in [0.15, 0.2) is 12.2 Å². The van der Waals surface area contributed by atoms with Crippen LogP contribution in [0.4, 0.5) is 0 Å². The van der Waals surface area contributed by atoms with E-state index in [0.717, 1.165) is 0 Å². The van der Waals surface area contributed by atoms with E-state index in [2.05, 4.69) is 0 Å². The van der Waals surface area contributed by atoms with Crippen molar-refractivity contribution < 1.29 is 14.3 Å². The SMILES string of the molecule is CC1(Cl)C(=O)[C@@H]2C=C[C@@H](O2)C1=O. The second-order valence-electron chi connectivity index (χ2n) is 3.09. The highest BCUT2D eigenvalue weighted by atomic mass is 35.5. The van der Waals surface area contributed by atoms with E-state index in [-0.39, 0.29) is 11.6 Å². The monoisotopic (exact) mass is 186 g/mol. The van der Waals surface area contributed by atoms with E-state index in [4.69, 9.17) is 16.3 Å². The lowest BCUT2D eigenvalue weighted by Gasteiger charge is -2.29. The summed E-state index contributed by atoms with van der Waals surface area (Å²) in [5.74, 6) is -0.724. The number of ketones is 2. The summed E-state index contributed by atoms with van der Waals surface area (Å²) < 4.78 is 5.06. The Morgan fingerprint density at radius 1 is 1.33 bits per heavy atom. The van der Waals surface area contributed by atoms with Crippen LogP contribution in [0.3, 0.4) is 0 Å². The minimum Gasteiger partial charge on any atom is -0.351 e. The minimum atomic E-state index is -1.39. The van der Waals surface area contributed by atoms with E-state index in [1.165, 1.54) is 6.92 Å². The van der Waals surface area contributed by atoms with Crippen LogP contribution >= 0.6 is 11.6 Å². The Bertz CT molecular complexity index is 267. The summed E-state index contributed by atoms with van der Waals surface area (Å²) in [5, 5.41) is 0. The molecule has 2 rings (SSSR count). The van der Waals surface area contributed by atoms with Gasteiger partial charge in [0.2, 0.25) is 0 Å². The van der Waals surface area contributed by atoms with Gasteiger partial charge in [0.15, 0.2) is 16.4 Å². The molecule has 0 aromatic carbocycles. The van der Waals surface area contributed by atoms with Crippen LogP contribution in [0.2, 0.25) is 0 Å². The highest BCUT2D eigenvalue weighted by Gasteiger charge is 2.52. The normalized spacial score (nSPS) is 45.5. The van der Waals surface area contributed by atoms with Gasteiger partial charge in [-0.3, -0.25) is 9.59 Å². The third-order valence-corrected chi connectivity index (χ3v) is 2.57. The number of alkyl halides is 1. The minimum absolute atomic E-state index is 0.362. The van der Waals surface area contributed by atoms with E-state index in [0.29, 0.717) is 0 Å². The highest BCUT2D eigenvalue weighted by molar-refractivity contribution is 6.48. The van der Waals surface area contributed by atoms with E-state index in [1.54, 1.807) is 12.2 Å². The molecule has 1 unspecified atom stereocenters. The maximum absolute atomic E-state index is 11.4. The number of carbonyl (C=O) groups is 2. The first-order valence-electron chi connectivity index (χ1n) is 3.65. The van der Waals surface area contributed by atoms with Crippen molar-refractivity contribution in [2.24, 2.45) is 0 Å². The van der Waals surface area contributed by atoms with E-state index in [9.17, 15) is 9.59 Å². The zero-order valence-electron chi connectivity index (χ0n) is 6.41. The van der Waals surface area contributed by atoms with Crippen molar-refractivity contribution in [1.82, 2.24) is 0 Å². The van der Waals surface area contributed by atoms with Crippen molar-refractivity contribution in [2.45, 2.75) is 24.0 Å². The molecule has 4 heteroatoms. The molecule has 0 radical (unpaired) electrons. The van der Waals surface area contributed by atoms with Crippen molar-refractivity contribution in [2.75, 3.05) is 0 Å². The molecular weight excluding hydrogens is 180 g/mol. The fourth-order valence-corrected chi connectivity index (χ4v) is 1.62. The topological polar surface area (TPSA) is 43.4 Å². The van der Waals surface area contributed by atoms with Crippen LogP contribution in [0.1, 0.15) is 6.92 Å². The van der Waals surface area contributed by atoms with Gasteiger partial charge in [-0.15, -0.1) is 11.6 Å². The van der Waals surface area contributed by atoms with Gasteiger partial charge in [-0.2, -0.15) is 0 Å². The van der Waals surface area contributed by atoms with Crippen LogP contribution in [0.25, 0.3) is 0 Å². The lowest BCUT2D eigenvalue weighted by Crippen LogP contribution is -2.53. The van der Waals surface area contributed by atoms with Gasteiger partial charge in [-0.25, -0.2) is 0 Å². The number of Topliss-reactive ketones (excluding diaryl/α,β-unsaturated/α-hetero) is 2. The van der Waals surface area contributed by atoms with Crippen LogP contribution in [-0.4, -0.2) is 28.6 Å². The van der Waals surface area contributed by atoms with Gasteiger partial charge >= 0.3 is 0 Å². The molecule has 0 saturated carbocycles. The molecule has 1 fully saturated rings. The molecule has 3 nitrogen and oxygen atoms in total. The van der Waals surface area contributed by atoms with Crippen molar-refractivity contribution in [3.8, 4) is 0 Å². The summed E-state index contributed by atoms with van der Waals surface area (Å²) >= 11 is 5.78. The van der Waals surface area contributed by atoms with E-state index >= 15 is 0 Å².